The van der Waals surface area contributed by atoms with Crippen molar-refractivity contribution in [3.05, 3.63) is 0 Å². The summed E-state index contributed by atoms with van der Waals surface area (Å²) in [6, 6.07) is 0. The number of aliphatic hydroxyl groups excluding tert-OH is 1. The van der Waals surface area contributed by atoms with Gasteiger partial charge in [0.2, 0.25) is 0 Å². The Morgan fingerprint density at radius 3 is 2.17 bits per heavy atom. The van der Waals surface area contributed by atoms with Crippen LogP contribution in [0.1, 0.15) is 64.7 Å². The maximum Gasteiger partial charge on any atom is 0.391 e. The molecule has 1 nitrogen and oxygen atoms in total. The van der Waals surface area contributed by atoms with Gasteiger partial charge in [-0.15, -0.1) is 0 Å². The molecule has 1 N–H and O–H groups in total. The maximum absolute atomic E-state index is 12.5. The van der Waals surface area contributed by atoms with Gasteiger partial charge < -0.3 is 5.11 Å². The molecule has 1 rings (SSSR count). The number of aliphatic hydroxyl groups is 1. The van der Waals surface area contributed by atoms with E-state index in [0.717, 1.165) is 25.7 Å². The molecule has 0 aromatic heterocycles. The number of rotatable bonds is 6. The first kappa shape index (κ1) is 15.8. The SMILES string of the molecule is CCCCCCC(O)C1CCC(C(F)(F)F)CC1. The first-order chi connectivity index (χ1) is 8.45. The lowest BCUT2D eigenvalue weighted by Gasteiger charge is -2.32. The molecule has 1 fully saturated rings. The molecule has 4 heteroatoms. The standard InChI is InChI=1S/C14H25F3O/c1-2-3-4-5-6-13(18)11-7-9-12(10-8-11)14(15,16)17/h11-13,18H,2-10H2,1H3. The molecule has 0 aromatic rings. The minimum Gasteiger partial charge on any atom is -0.393 e. The third-order valence-electron chi connectivity index (χ3n) is 4.13. The van der Waals surface area contributed by atoms with Crippen molar-refractivity contribution in [2.45, 2.75) is 77.0 Å². The van der Waals surface area contributed by atoms with Crippen LogP contribution in [0.4, 0.5) is 13.2 Å². The van der Waals surface area contributed by atoms with Crippen LogP contribution in [0.3, 0.4) is 0 Å². The minimum atomic E-state index is -4.04. The monoisotopic (exact) mass is 266 g/mol. The molecule has 0 saturated heterocycles. The predicted octanol–water partition coefficient (Wildman–Crippen LogP) is 4.69. The molecule has 0 radical (unpaired) electrons. The highest BCUT2D eigenvalue weighted by Gasteiger charge is 2.42. The number of hydrogen-bond donors (Lipinski definition) is 1. The Hall–Kier alpha value is -0.250. The first-order valence-electron chi connectivity index (χ1n) is 7.20. The van der Waals surface area contributed by atoms with Gasteiger partial charge >= 0.3 is 6.18 Å². The Labute approximate surface area is 108 Å². The van der Waals surface area contributed by atoms with E-state index in [2.05, 4.69) is 6.92 Å². The van der Waals surface area contributed by atoms with E-state index < -0.39 is 18.2 Å². The molecule has 1 saturated carbocycles. The van der Waals surface area contributed by atoms with Gasteiger partial charge in [-0.3, -0.25) is 0 Å². The number of alkyl halides is 3. The van der Waals surface area contributed by atoms with Gasteiger partial charge in [0.15, 0.2) is 0 Å². The summed E-state index contributed by atoms with van der Waals surface area (Å²) in [5, 5.41) is 9.98. The largest absolute Gasteiger partial charge is 0.393 e. The molecular formula is C14H25F3O. The molecule has 108 valence electrons. The van der Waals surface area contributed by atoms with Crippen LogP contribution in [0, 0.1) is 11.8 Å². The van der Waals surface area contributed by atoms with Crippen molar-refractivity contribution < 1.29 is 18.3 Å². The number of halogens is 3. The Balaban J connectivity index is 2.21. The second-order valence-electron chi connectivity index (χ2n) is 5.57. The van der Waals surface area contributed by atoms with Crippen molar-refractivity contribution in [3.8, 4) is 0 Å². The zero-order valence-corrected chi connectivity index (χ0v) is 11.2. The van der Waals surface area contributed by atoms with E-state index in [1.807, 2.05) is 0 Å². The number of unbranched alkanes of at least 4 members (excludes halogenated alkanes) is 3. The molecule has 18 heavy (non-hydrogen) atoms. The van der Waals surface area contributed by atoms with Gasteiger partial charge in [0.25, 0.3) is 0 Å². The van der Waals surface area contributed by atoms with Crippen LogP contribution >= 0.6 is 0 Å². The van der Waals surface area contributed by atoms with Gasteiger partial charge in [-0.2, -0.15) is 13.2 Å². The average molecular weight is 266 g/mol. The van der Waals surface area contributed by atoms with Crippen molar-refractivity contribution in [1.82, 2.24) is 0 Å². The molecule has 1 aliphatic rings. The van der Waals surface area contributed by atoms with E-state index in [4.69, 9.17) is 0 Å². The van der Waals surface area contributed by atoms with Crippen LogP contribution in [0.15, 0.2) is 0 Å². The zero-order valence-electron chi connectivity index (χ0n) is 11.2. The smallest absolute Gasteiger partial charge is 0.391 e. The van der Waals surface area contributed by atoms with Gasteiger partial charge in [0, 0.05) is 0 Å². The van der Waals surface area contributed by atoms with Crippen LogP contribution < -0.4 is 0 Å². The molecule has 0 aliphatic heterocycles. The number of hydrogen-bond acceptors (Lipinski definition) is 1. The fourth-order valence-electron chi connectivity index (χ4n) is 2.85. The van der Waals surface area contributed by atoms with Crippen LogP contribution in [0.5, 0.6) is 0 Å². The van der Waals surface area contributed by atoms with Gasteiger partial charge in [-0.25, -0.2) is 0 Å². The Kier molecular flexibility index (Phi) is 6.47. The van der Waals surface area contributed by atoms with Crippen LogP contribution in [0.2, 0.25) is 0 Å². The molecule has 0 aromatic carbocycles. The summed E-state index contributed by atoms with van der Waals surface area (Å²) < 4.78 is 37.5. The van der Waals surface area contributed by atoms with E-state index in [1.54, 1.807) is 0 Å². The lowest BCUT2D eigenvalue weighted by molar-refractivity contribution is -0.185. The predicted molar refractivity (Wildman–Crippen MR) is 66.3 cm³/mol. The lowest BCUT2D eigenvalue weighted by atomic mass is 9.78. The van der Waals surface area contributed by atoms with Gasteiger partial charge in [-0.05, 0) is 38.0 Å². The van der Waals surface area contributed by atoms with Crippen molar-refractivity contribution >= 4 is 0 Å². The molecule has 0 amide bonds. The van der Waals surface area contributed by atoms with E-state index in [-0.39, 0.29) is 18.8 Å². The fraction of sp³-hybridized carbons (Fsp3) is 1.00. The summed E-state index contributed by atoms with van der Waals surface area (Å²) >= 11 is 0. The fourth-order valence-corrected chi connectivity index (χ4v) is 2.85. The minimum absolute atomic E-state index is 0.0882. The quantitative estimate of drug-likeness (QED) is 0.692. The van der Waals surface area contributed by atoms with Crippen molar-refractivity contribution in [2.24, 2.45) is 11.8 Å². The maximum atomic E-state index is 12.5. The second-order valence-corrected chi connectivity index (χ2v) is 5.57. The van der Waals surface area contributed by atoms with Gasteiger partial charge in [0.1, 0.15) is 0 Å². The molecule has 1 unspecified atom stereocenters. The molecule has 0 heterocycles. The van der Waals surface area contributed by atoms with Crippen LogP contribution in [0.25, 0.3) is 0 Å². The molecule has 1 atom stereocenters. The molecule has 1 aliphatic carbocycles. The summed E-state index contributed by atoms with van der Waals surface area (Å²) in [6.07, 6.45) is 2.20. The van der Waals surface area contributed by atoms with Gasteiger partial charge in [-0.1, -0.05) is 32.6 Å². The molecule has 0 bridgehead atoms. The van der Waals surface area contributed by atoms with Crippen molar-refractivity contribution in [2.75, 3.05) is 0 Å². The topological polar surface area (TPSA) is 20.2 Å². The summed E-state index contributed by atoms with van der Waals surface area (Å²) in [5.41, 5.74) is 0. The highest BCUT2D eigenvalue weighted by Crippen LogP contribution is 2.40. The van der Waals surface area contributed by atoms with E-state index in [9.17, 15) is 18.3 Å². The van der Waals surface area contributed by atoms with Crippen LogP contribution in [-0.4, -0.2) is 17.4 Å². The highest BCUT2D eigenvalue weighted by atomic mass is 19.4. The molecule has 0 spiro atoms. The Morgan fingerprint density at radius 1 is 1.06 bits per heavy atom. The van der Waals surface area contributed by atoms with E-state index >= 15 is 0 Å². The van der Waals surface area contributed by atoms with Gasteiger partial charge in [0.05, 0.1) is 12.0 Å². The lowest BCUT2D eigenvalue weighted by Crippen LogP contribution is -2.32. The van der Waals surface area contributed by atoms with Crippen LogP contribution in [-0.2, 0) is 0 Å². The van der Waals surface area contributed by atoms with Crippen molar-refractivity contribution in [1.29, 1.82) is 0 Å². The van der Waals surface area contributed by atoms with E-state index in [0.29, 0.717) is 12.8 Å². The Morgan fingerprint density at radius 2 is 1.67 bits per heavy atom. The van der Waals surface area contributed by atoms with Crippen molar-refractivity contribution in [3.63, 3.8) is 0 Å². The second kappa shape index (κ2) is 7.37. The van der Waals surface area contributed by atoms with E-state index in [1.165, 1.54) is 6.42 Å². The Bertz CT molecular complexity index is 220. The summed E-state index contributed by atoms with van der Waals surface area (Å²) in [5.74, 6) is -1.05. The highest BCUT2D eigenvalue weighted by molar-refractivity contribution is 4.80. The average Bonchev–Trinajstić information content (AvgIpc) is 2.33. The zero-order chi connectivity index (χ0) is 13.6. The summed E-state index contributed by atoms with van der Waals surface area (Å²) in [4.78, 5) is 0. The normalized spacial score (nSPS) is 27.2. The third kappa shape index (κ3) is 5.17. The molecular weight excluding hydrogens is 241 g/mol. The third-order valence-corrected chi connectivity index (χ3v) is 4.13. The summed E-state index contributed by atoms with van der Waals surface area (Å²) in [6.45, 7) is 2.13. The summed E-state index contributed by atoms with van der Waals surface area (Å²) in [7, 11) is 0. The first-order valence-corrected chi connectivity index (χ1v) is 7.20.